The van der Waals surface area contributed by atoms with Crippen molar-refractivity contribution in [2.75, 3.05) is 72.1 Å². The molecule has 2 fully saturated rings. The third-order valence-corrected chi connectivity index (χ3v) is 5.78. The molecule has 0 saturated carbocycles. The summed E-state index contributed by atoms with van der Waals surface area (Å²) < 4.78 is 7.17. The molecule has 0 amide bonds. The van der Waals surface area contributed by atoms with E-state index < -0.39 is 0 Å². The number of hydrogen-bond donors (Lipinski definition) is 0. The van der Waals surface area contributed by atoms with Crippen LogP contribution >= 0.6 is 0 Å². The van der Waals surface area contributed by atoms with E-state index in [1.807, 2.05) is 6.07 Å². The van der Waals surface area contributed by atoms with Crippen molar-refractivity contribution in [3.63, 3.8) is 0 Å². The smallest absolute Gasteiger partial charge is 0.266 e. The Labute approximate surface area is 169 Å². The van der Waals surface area contributed by atoms with Crippen LogP contribution in [0.5, 0.6) is 0 Å². The Kier molecular flexibility index (Phi) is 7.62. The van der Waals surface area contributed by atoms with Crippen molar-refractivity contribution in [2.24, 2.45) is 0 Å². The summed E-state index contributed by atoms with van der Waals surface area (Å²) in [5, 5.41) is 4.58. The molecule has 0 atom stereocenters. The molecule has 3 heterocycles. The third-order valence-electron chi connectivity index (χ3n) is 5.78. The molecule has 0 bridgehead atoms. The average Bonchev–Trinajstić information content (AvgIpc) is 2.94. The van der Waals surface area contributed by atoms with Gasteiger partial charge in [-0.2, -0.15) is 5.10 Å². The monoisotopic (exact) mass is 391 g/mol. The standard InChI is InChI=1S/C21H37N5O2/c1-21(2,3)19-5-6-20(27)26(22-19)15-14-25-12-10-24(11-13-25)9-8-23-7-4-17-28-18-16-23/h5-6H,4,7-18H2,1-3H3. The average molecular weight is 392 g/mol. The minimum atomic E-state index is -0.0411. The zero-order chi connectivity index (χ0) is 20.0. The summed E-state index contributed by atoms with van der Waals surface area (Å²) in [7, 11) is 0. The van der Waals surface area contributed by atoms with Crippen LogP contribution in [0.15, 0.2) is 16.9 Å². The molecule has 3 rings (SSSR count). The summed E-state index contributed by atoms with van der Waals surface area (Å²) in [6.07, 6.45) is 1.15. The number of hydrogen-bond acceptors (Lipinski definition) is 6. The predicted octanol–water partition coefficient (Wildman–Crippen LogP) is 0.881. The van der Waals surface area contributed by atoms with Gasteiger partial charge in [-0.15, -0.1) is 0 Å². The van der Waals surface area contributed by atoms with Crippen molar-refractivity contribution in [1.29, 1.82) is 0 Å². The van der Waals surface area contributed by atoms with Crippen LogP contribution in [0.3, 0.4) is 0 Å². The van der Waals surface area contributed by atoms with Crippen LogP contribution in [0, 0.1) is 0 Å². The molecule has 0 unspecified atom stereocenters. The van der Waals surface area contributed by atoms with Crippen LogP contribution in [0.4, 0.5) is 0 Å². The van der Waals surface area contributed by atoms with Crippen LogP contribution < -0.4 is 5.56 Å². The lowest BCUT2D eigenvalue weighted by molar-refractivity contribution is 0.110. The van der Waals surface area contributed by atoms with Crippen molar-refractivity contribution >= 4 is 0 Å². The first-order valence-electron chi connectivity index (χ1n) is 10.8. The van der Waals surface area contributed by atoms with Crippen molar-refractivity contribution in [3.05, 3.63) is 28.2 Å². The van der Waals surface area contributed by atoms with E-state index in [9.17, 15) is 4.79 Å². The summed E-state index contributed by atoms with van der Waals surface area (Å²) in [6.45, 7) is 18.6. The Bertz CT molecular complexity index is 653. The quantitative estimate of drug-likeness (QED) is 0.718. The zero-order valence-corrected chi connectivity index (χ0v) is 17.9. The van der Waals surface area contributed by atoms with Gasteiger partial charge in [0, 0.05) is 77.0 Å². The van der Waals surface area contributed by atoms with E-state index in [1.54, 1.807) is 10.7 Å². The van der Waals surface area contributed by atoms with E-state index in [0.717, 1.165) is 84.2 Å². The Morgan fingerprint density at radius 2 is 1.46 bits per heavy atom. The summed E-state index contributed by atoms with van der Waals surface area (Å²) >= 11 is 0. The SMILES string of the molecule is CC(C)(C)c1ccc(=O)n(CCN2CCN(CCN3CCCOCC3)CC2)n1. The fraction of sp³-hybridized carbons (Fsp3) is 0.810. The molecule has 2 aliphatic rings. The lowest BCUT2D eigenvalue weighted by Crippen LogP contribution is -2.49. The van der Waals surface area contributed by atoms with Crippen molar-refractivity contribution in [1.82, 2.24) is 24.5 Å². The van der Waals surface area contributed by atoms with E-state index in [4.69, 9.17) is 4.74 Å². The molecule has 2 saturated heterocycles. The molecule has 2 aliphatic heterocycles. The van der Waals surface area contributed by atoms with E-state index in [1.165, 1.54) is 0 Å². The Balaban J connectivity index is 1.40. The van der Waals surface area contributed by atoms with Crippen molar-refractivity contribution < 1.29 is 4.74 Å². The molecule has 7 heteroatoms. The molecule has 7 nitrogen and oxygen atoms in total. The second-order valence-electron chi connectivity index (χ2n) is 9.02. The number of rotatable bonds is 6. The number of aromatic nitrogens is 2. The highest BCUT2D eigenvalue weighted by atomic mass is 16.5. The molecular formula is C21H37N5O2. The highest BCUT2D eigenvalue weighted by Gasteiger charge is 2.19. The first-order valence-corrected chi connectivity index (χ1v) is 10.8. The molecule has 0 aliphatic carbocycles. The van der Waals surface area contributed by atoms with Crippen LogP contribution in [-0.2, 0) is 16.7 Å². The van der Waals surface area contributed by atoms with Gasteiger partial charge in [0.1, 0.15) is 0 Å². The van der Waals surface area contributed by atoms with E-state index in [2.05, 4.69) is 40.6 Å². The fourth-order valence-corrected chi connectivity index (χ4v) is 3.79. The van der Waals surface area contributed by atoms with Gasteiger partial charge in [-0.1, -0.05) is 20.8 Å². The minimum Gasteiger partial charge on any atom is -0.380 e. The fourth-order valence-electron chi connectivity index (χ4n) is 3.79. The van der Waals surface area contributed by atoms with Crippen molar-refractivity contribution in [3.8, 4) is 0 Å². The summed E-state index contributed by atoms with van der Waals surface area (Å²) in [6, 6.07) is 3.51. The van der Waals surface area contributed by atoms with Crippen LogP contribution in [0.1, 0.15) is 32.9 Å². The van der Waals surface area contributed by atoms with Gasteiger partial charge >= 0.3 is 0 Å². The van der Waals surface area contributed by atoms with Crippen LogP contribution in [0.2, 0.25) is 0 Å². The second kappa shape index (κ2) is 9.96. The molecule has 0 aromatic carbocycles. The zero-order valence-electron chi connectivity index (χ0n) is 17.9. The first kappa shape index (κ1) is 21.4. The summed E-state index contributed by atoms with van der Waals surface area (Å²) in [5.74, 6) is 0. The lowest BCUT2D eigenvalue weighted by atomic mass is 9.92. The van der Waals surface area contributed by atoms with E-state index >= 15 is 0 Å². The third kappa shape index (κ3) is 6.37. The molecule has 1 aromatic rings. The number of piperazine rings is 1. The van der Waals surface area contributed by atoms with Crippen LogP contribution in [0.25, 0.3) is 0 Å². The Morgan fingerprint density at radius 3 is 2.11 bits per heavy atom. The normalized spacial score (nSPS) is 21.0. The van der Waals surface area contributed by atoms with Gasteiger partial charge < -0.3 is 4.74 Å². The highest BCUT2D eigenvalue weighted by molar-refractivity contribution is 5.10. The van der Waals surface area contributed by atoms with Gasteiger partial charge in [0.05, 0.1) is 18.8 Å². The maximum Gasteiger partial charge on any atom is 0.266 e. The van der Waals surface area contributed by atoms with E-state index in [-0.39, 0.29) is 11.0 Å². The molecule has 158 valence electrons. The van der Waals surface area contributed by atoms with Crippen LogP contribution in [-0.4, -0.2) is 96.6 Å². The van der Waals surface area contributed by atoms with E-state index in [0.29, 0.717) is 6.54 Å². The number of ether oxygens (including phenoxy) is 1. The minimum absolute atomic E-state index is 0.00642. The Morgan fingerprint density at radius 1 is 0.857 bits per heavy atom. The second-order valence-corrected chi connectivity index (χ2v) is 9.02. The molecule has 0 spiro atoms. The maximum atomic E-state index is 12.1. The molecule has 0 radical (unpaired) electrons. The van der Waals surface area contributed by atoms with Gasteiger partial charge in [0.15, 0.2) is 0 Å². The summed E-state index contributed by atoms with van der Waals surface area (Å²) in [5.41, 5.74) is 0.921. The topological polar surface area (TPSA) is 53.8 Å². The predicted molar refractivity (Wildman–Crippen MR) is 112 cm³/mol. The van der Waals surface area contributed by atoms with Gasteiger partial charge in [0.25, 0.3) is 5.56 Å². The summed E-state index contributed by atoms with van der Waals surface area (Å²) in [4.78, 5) is 19.7. The molecule has 0 N–H and O–H groups in total. The maximum absolute atomic E-state index is 12.1. The molecule has 1 aromatic heterocycles. The van der Waals surface area contributed by atoms with Gasteiger partial charge in [-0.05, 0) is 12.5 Å². The van der Waals surface area contributed by atoms with Crippen molar-refractivity contribution in [2.45, 2.75) is 39.2 Å². The molecule has 28 heavy (non-hydrogen) atoms. The highest BCUT2D eigenvalue weighted by Crippen LogP contribution is 2.18. The van der Waals surface area contributed by atoms with Gasteiger partial charge in [-0.25, -0.2) is 4.68 Å². The van der Waals surface area contributed by atoms with Gasteiger partial charge in [0.2, 0.25) is 0 Å². The van der Waals surface area contributed by atoms with Gasteiger partial charge in [-0.3, -0.25) is 19.5 Å². The molecular weight excluding hydrogens is 354 g/mol. The first-order chi connectivity index (χ1) is 13.4. The largest absolute Gasteiger partial charge is 0.380 e. The number of nitrogens with zero attached hydrogens (tertiary/aromatic N) is 5. The lowest BCUT2D eigenvalue weighted by Gasteiger charge is -2.35. The Hall–Kier alpha value is -1.28.